The van der Waals surface area contributed by atoms with Gasteiger partial charge >= 0.3 is 5.97 Å². The van der Waals surface area contributed by atoms with E-state index >= 15 is 0 Å². The fourth-order valence-corrected chi connectivity index (χ4v) is 4.00. The summed E-state index contributed by atoms with van der Waals surface area (Å²) in [7, 11) is 0. The van der Waals surface area contributed by atoms with Gasteiger partial charge in [0.15, 0.2) is 0 Å². The van der Waals surface area contributed by atoms with Crippen molar-refractivity contribution in [2.75, 3.05) is 5.32 Å². The molecule has 2 saturated carbocycles. The van der Waals surface area contributed by atoms with Gasteiger partial charge in [0.05, 0.1) is 0 Å². The lowest BCUT2D eigenvalue weighted by atomic mass is 10.1. The van der Waals surface area contributed by atoms with Crippen molar-refractivity contribution in [1.29, 1.82) is 0 Å². The predicted octanol–water partition coefficient (Wildman–Crippen LogP) is 2.71. The number of carbonyl (C=O) groups is 2. The van der Waals surface area contributed by atoms with E-state index in [-0.39, 0.29) is 18.4 Å². The van der Waals surface area contributed by atoms with Crippen molar-refractivity contribution in [1.82, 2.24) is 4.57 Å². The van der Waals surface area contributed by atoms with Crippen LogP contribution in [0.3, 0.4) is 0 Å². The zero-order valence-electron chi connectivity index (χ0n) is 12.2. The van der Waals surface area contributed by atoms with E-state index in [1.54, 1.807) is 10.8 Å². The Balaban J connectivity index is 1.51. The van der Waals surface area contributed by atoms with Crippen LogP contribution in [0.5, 0.6) is 0 Å². The van der Waals surface area contributed by atoms with Crippen molar-refractivity contribution >= 4 is 28.5 Å². The average Bonchev–Trinajstić information content (AvgIpc) is 2.83. The molecule has 114 valence electrons. The van der Waals surface area contributed by atoms with E-state index in [1.807, 2.05) is 24.3 Å². The minimum Gasteiger partial charge on any atom is -0.480 e. The van der Waals surface area contributed by atoms with Crippen LogP contribution >= 0.6 is 0 Å². The number of anilines is 1. The first-order chi connectivity index (χ1) is 10.6. The SMILES string of the molecule is O=C(O)Cn1ccc2cc(NC(=O)C3C4CCCC43)ccc21. The van der Waals surface area contributed by atoms with Crippen LogP contribution in [-0.2, 0) is 16.1 Å². The van der Waals surface area contributed by atoms with E-state index < -0.39 is 5.97 Å². The summed E-state index contributed by atoms with van der Waals surface area (Å²) in [5.74, 6) is 0.705. The van der Waals surface area contributed by atoms with Crippen molar-refractivity contribution in [2.24, 2.45) is 17.8 Å². The van der Waals surface area contributed by atoms with Crippen LogP contribution in [0.2, 0.25) is 0 Å². The number of hydrogen-bond donors (Lipinski definition) is 2. The van der Waals surface area contributed by atoms with Gasteiger partial charge < -0.3 is 15.0 Å². The molecule has 1 aromatic heterocycles. The summed E-state index contributed by atoms with van der Waals surface area (Å²) in [5.41, 5.74) is 1.65. The van der Waals surface area contributed by atoms with Crippen molar-refractivity contribution in [3.8, 4) is 0 Å². The standard InChI is InChI=1S/C17H18N2O3/c20-15(21)9-19-7-6-10-8-11(4-5-14(10)19)18-17(22)16-12-2-1-3-13(12)16/h4-8,12-13,16H,1-3,9H2,(H,18,22)(H,20,21). The molecule has 2 atom stereocenters. The Kier molecular flexibility index (Phi) is 2.96. The van der Waals surface area contributed by atoms with Crippen LogP contribution in [0, 0.1) is 17.8 Å². The number of fused-ring (bicyclic) bond motifs is 2. The first kappa shape index (κ1) is 13.4. The fraction of sp³-hybridized carbons (Fsp3) is 0.412. The van der Waals surface area contributed by atoms with Crippen LogP contribution in [0.1, 0.15) is 19.3 Å². The molecule has 2 aromatic rings. The van der Waals surface area contributed by atoms with Gasteiger partial charge in [0.1, 0.15) is 6.54 Å². The Hall–Kier alpha value is -2.30. The van der Waals surface area contributed by atoms with Crippen molar-refractivity contribution in [3.05, 3.63) is 30.5 Å². The summed E-state index contributed by atoms with van der Waals surface area (Å²) < 4.78 is 1.69. The highest BCUT2D eigenvalue weighted by Gasteiger charge is 2.56. The molecule has 2 unspecified atom stereocenters. The van der Waals surface area contributed by atoms with Crippen LogP contribution in [0.15, 0.2) is 30.5 Å². The summed E-state index contributed by atoms with van der Waals surface area (Å²) in [6.07, 6.45) is 5.41. The minimum atomic E-state index is -0.866. The molecule has 0 aliphatic heterocycles. The van der Waals surface area contributed by atoms with Crippen LogP contribution < -0.4 is 5.32 Å². The molecule has 1 amide bonds. The van der Waals surface area contributed by atoms with Crippen molar-refractivity contribution in [2.45, 2.75) is 25.8 Å². The third-order valence-electron chi connectivity index (χ3n) is 5.05. The normalized spacial score (nSPS) is 25.9. The molecule has 5 nitrogen and oxygen atoms in total. The Morgan fingerprint density at radius 3 is 2.73 bits per heavy atom. The molecule has 2 fully saturated rings. The number of carboxylic acids is 1. The average molecular weight is 298 g/mol. The number of amides is 1. The summed E-state index contributed by atoms with van der Waals surface area (Å²) in [6, 6.07) is 7.49. The first-order valence-electron chi connectivity index (χ1n) is 7.75. The third kappa shape index (κ3) is 2.17. The highest BCUT2D eigenvalue weighted by Crippen LogP contribution is 2.57. The van der Waals surface area contributed by atoms with Gasteiger partial charge in [-0.15, -0.1) is 0 Å². The lowest BCUT2D eigenvalue weighted by Gasteiger charge is -2.07. The highest BCUT2D eigenvalue weighted by atomic mass is 16.4. The highest BCUT2D eigenvalue weighted by molar-refractivity contribution is 5.97. The maximum Gasteiger partial charge on any atom is 0.323 e. The number of rotatable bonds is 4. The Labute approximate surface area is 127 Å². The molecule has 1 heterocycles. The van der Waals surface area contributed by atoms with Gasteiger partial charge in [0.2, 0.25) is 5.91 Å². The molecule has 2 N–H and O–H groups in total. The number of hydrogen-bond acceptors (Lipinski definition) is 2. The molecule has 0 bridgehead atoms. The Morgan fingerprint density at radius 2 is 2.00 bits per heavy atom. The van der Waals surface area contributed by atoms with Crippen molar-refractivity contribution in [3.63, 3.8) is 0 Å². The van der Waals surface area contributed by atoms with E-state index in [2.05, 4.69) is 5.32 Å². The molecule has 0 spiro atoms. The number of aromatic nitrogens is 1. The molecule has 0 saturated heterocycles. The monoisotopic (exact) mass is 298 g/mol. The summed E-state index contributed by atoms with van der Waals surface area (Å²) in [4.78, 5) is 23.1. The number of nitrogens with zero attached hydrogens (tertiary/aromatic N) is 1. The van der Waals surface area contributed by atoms with Gasteiger partial charge in [-0.25, -0.2) is 0 Å². The van der Waals surface area contributed by atoms with Gasteiger partial charge in [-0.3, -0.25) is 9.59 Å². The van der Waals surface area contributed by atoms with E-state index in [9.17, 15) is 9.59 Å². The van der Waals surface area contributed by atoms with Gasteiger partial charge in [-0.1, -0.05) is 6.42 Å². The Bertz CT molecular complexity index is 754. The first-order valence-corrected chi connectivity index (χ1v) is 7.75. The van der Waals surface area contributed by atoms with Crippen LogP contribution in [-0.4, -0.2) is 21.6 Å². The van der Waals surface area contributed by atoms with E-state index in [0.717, 1.165) is 16.6 Å². The molecular weight excluding hydrogens is 280 g/mol. The second kappa shape index (κ2) is 4.87. The number of nitrogens with one attached hydrogen (secondary N) is 1. The lowest BCUT2D eigenvalue weighted by Crippen LogP contribution is -2.16. The summed E-state index contributed by atoms with van der Waals surface area (Å²) in [5, 5.41) is 12.8. The molecule has 22 heavy (non-hydrogen) atoms. The largest absolute Gasteiger partial charge is 0.480 e. The summed E-state index contributed by atoms with van der Waals surface area (Å²) >= 11 is 0. The third-order valence-corrected chi connectivity index (χ3v) is 5.05. The van der Waals surface area contributed by atoms with E-state index in [1.165, 1.54) is 19.3 Å². The minimum absolute atomic E-state index is 0.0549. The molecular formula is C17H18N2O3. The van der Waals surface area contributed by atoms with Gasteiger partial charge in [0.25, 0.3) is 0 Å². The number of carbonyl (C=O) groups excluding carboxylic acids is 1. The fourth-order valence-electron chi connectivity index (χ4n) is 4.00. The molecule has 2 aliphatic rings. The molecule has 4 rings (SSSR count). The molecule has 2 aliphatic carbocycles. The zero-order chi connectivity index (χ0) is 15.3. The second-order valence-corrected chi connectivity index (χ2v) is 6.38. The number of carboxylic acid groups (broad SMARTS) is 1. The second-order valence-electron chi connectivity index (χ2n) is 6.38. The maximum atomic E-state index is 12.3. The van der Waals surface area contributed by atoms with Gasteiger partial charge in [-0.05, 0) is 48.9 Å². The number of aliphatic carboxylic acids is 1. The topological polar surface area (TPSA) is 71.3 Å². The zero-order valence-corrected chi connectivity index (χ0v) is 12.2. The summed E-state index contributed by atoms with van der Waals surface area (Å²) in [6.45, 7) is -0.0549. The van der Waals surface area contributed by atoms with Crippen molar-refractivity contribution < 1.29 is 14.7 Å². The lowest BCUT2D eigenvalue weighted by molar-refractivity contribution is -0.137. The molecule has 0 radical (unpaired) electrons. The van der Waals surface area contributed by atoms with Crippen LogP contribution in [0.25, 0.3) is 10.9 Å². The molecule has 5 heteroatoms. The quantitative estimate of drug-likeness (QED) is 0.911. The van der Waals surface area contributed by atoms with Crippen LogP contribution in [0.4, 0.5) is 5.69 Å². The van der Waals surface area contributed by atoms with Gasteiger partial charge in [-0.2, -0.15) is 0 Å². The molecule has 1 aromatic carbocycles. The number of benzene rings is 1. The smallest absolute Gasteiger partial charge is 0.323 e. The predicted molar refractivity (Wildman–Crippen MR) is 82.5 cm³/mol. The maximum absolute atomic E-state index is 12.3. The Morgan fingerprint density at radius 1 is 1.23 bits per heavy atom. The van der Waals surface area contributed by atoms with E-state index in [4.69, 9.17) is 5.11 Å². The van der Waals surface area contributed by atoms with E-state index in [0.29, 0.717) is 11.8 Å². The van der Waals surface area contributed by atoms with Gasteiger partial charge in [0, 0.05) is 28.7 Å².